The topological polar surface area (TPSA) is 54.0 Å². The molecule has 1 heterocycles. The fraction of sp³-hybridized carbons (Fsp3) is 0.333. The molecule has 0 radical (unpaired) electrons. The van der Waals surface area contributed by atoms with Crippen molar-refractivity contribution >= 4 is 32.6 Å². The average Bonchev–Trinajstić information content (AvgIpc) is 3.03. The van der Waals surface area contributed by atoms with Gasteiger partial charge in [0.1, 0.15) is 6.04 Å². The van der Waals surface area contributed by atoms with Crippen LogP contribution in [0, 0.1) is 0 Å². The summed E-state index contributed by atoms with van der Waals surface area (Å²) in [5, 5.41) is 7.18. The normalized spacial score (nSPS) is 16.7. The fourth-order valence-corrected chi connectivity index (χ4v) is 4.51. The van der Waals surface area contributed by atoms with Crippen molar-refractivity contribution < 1.29 is 4.79 Å². The zero-order valence-corrected chi connectivity index (χ0v) is 15.7. The van der Waals surface area contributed by atoms with E-state index in [-0.39, 0.29) is 17.4 Å². The standard InChI is InChI=1S/C21H23N3OS/c1-15(23-20-24-17-10-5-6-11-18(17)26-20)19(25)22-14-21(12-7-13-21)16-8-3-2-4-9-16/h2-6,8-11,15H,7,12-14H2,1H3,(H,22,25)(H,23,24). The molecular formula is C21H23N3OS. The summed E-state index contributed by atoms with van der Waals surface area (Å²) in [5.41, 5.74) is 2.40. The number of carbonyl (C=O) groups excluding carboxylic acids is 1. The molecule has 0 spiro atoms. The van der Waals surface area contributed by atoms with Crippen molar-refractivity contribution in [1.82, 2.24) is 10.3 Å². The van der Waals surface area contributed by atoms with Crippen LogP contribution in [0.15, 0.2) is 54.6 Å². The summed E-state index contributed by atoms with van der Waals surface area (Å²) >= 11 is 1.58. The Morgan fingerprint density at radius 1 is 1.15 bits per heavy atom. The maximum Gasteiger partial charge on any atom is 0.242 e. The van der Waals surface area contributed by atoms with Crippen LogP contribution in [0.5, 0.6) is 0 Å². The van der Waals surface area contributed by atoms with Crippen LogP contribution in [0.1, 0.15) is 31.7 Å². The minimum atomic E-state index is -0.316. The molecule has 26 heavy (non-hydrogen) atoms. The van der Waals surface area contributed by atoms with Crippen LogP contribution in [-0.2, 0) is 10.2 Å². The quantitative estimate of drug-likeness (QED) is 0.683. The molecule has 2 N–H and O–H groups in total. The Kier molecular flexibility index (Phi) is 4.64. The molecule has 1 amide bonds. The monoisotopic (exact) mass is 365 g/mol. The Morgan fingerprint density at radius 2 is 1.88 bits per heavy atom. The van der Waals surface area contributed by atoms with Crippen molar-refractivity contribution in [3.8, 4) is 0 Å². The van der Waals surface area contributed by atoms with Crippen LogP contribution in [-0.4, -0.2) is 23.5 Å². The number of para-hydroxylation sites is 1. The molecule has 4 nitrogen and oxygen atoms in total. The van der Waals surface area contributed by atoms with Gasteiger partial charge in [0.05, 0.1) is 10.2 Å². The van der Waals surface area contributed by atoms with E-state index in [1.54, 1.807) is 11.3 Å². The summed E-state index contributed by atoms with van der Waals surface area (Å²) in [6.07, 6.45) is 3.50. The van der Waals surface area contributed by atoms with Crippen molar-refractivity contribution in [2.45, 2.75) is 37.6 Å². The van der Waals surface area contributed by atoms with Gasteiger partial charge in [-0.05, 0) is 37.5 Å². The van der Waals surface area contributed by atoms with Crippen LogP contribution in [0.3, 0.4) is 0 Å². The first-order valence-corrected chi connectivity index (χ1v) is 9.93. The number of carbonyl (C=O) groups is 1. The van der Waals surface area contributed by atoms with Crippen molar-refractivity contribution in [2.75, 3.05) is 11.9 Å². The number of thiazole rings is 1. The predicted molar refractivity (Wildman–Crippen MR) is 108 cm³/mol. The molecule has 0 saturated heterocycles. The highest BCUT2D eigenvalue weighted by Gasteiger charge is 2.38. The number of nitrogens with zero attached hydrogens (tertiary/aromatic N) is 1. The number of hydrogen-bond acceptors (Lipinski definition) is 4. The lowest BCUT2D eigenvalue weighted by Gasteiger charge is -2.42. The fourth-order valence-electron chi connectivity index (χ4n) is 3.56. The molecule has 5 heteroatoms. The maximum absolute atomic E-state index is 12.6. The largest absolute Gasteiger partial charge is 0.353 e. The third kappa shape index (κ3) is 3.31. The number of benzene rings is 2. The van der Waals surface area contributed by atoms with Gasteiger partial charge in [0, 0.05) is 12.0 Å². The molecule has 0 bridgehead atoms. The van der Waals surface area contributed by atoms with Crippen LogP contribution >= 0.6 is 11.3 Å². The molecule has 0 aliphatic heterocycles. The lowest BCUT2D eigenvalue weighted by Crippen LogP contribution is -2.48. The Morgan fingerprint density at radius 3 is 2.58 bits per heavy atom. The van der Waals surface area contributed by atoms with E-state index in [1.807, 2.05) is 37.3 Å². The van der Waals surface area contributed by atoms with Crippen LogP contribution < -0.4 is 10.6 Å². The third-order valence-electron chi connectivity index (χ3n) is 5.32. The third-order valence-corrected chi connectivity index (χ3v) is 6.29. The van der Waals surface area contributed by atoms with Gasteiger partial charge in [-0.2, -0.15) is 0 Å². The van der Waals surface area contributed by atoms with E-state index in [9.17, 15) is 4.79 Å². The first kappa shape index (κ1) is 17.0. The van der Waals surface area contributed by atoms with E-state index in [1.165, 1.54) is 12.0 Å². The molecule has 1 aliphatic carbocycles. The van der Waals surface area contributed by atoms with Crippen molar-refractivity contribution in [2.24, 2.45) is 0 Å². The van der Waals surface area contributed by atoms with Gasteiger partial charge in [0.2, 0.25) is 5.91 Å². The van der Waals surface area contributed by atoms with Gasteiger partial charge in [-0.3, -0.25) is 4.79 Å². The van der Waals surface area contributed by atoms with Crippen LogP contribution in [0.4, 0.5) is 5.13 Å². The van der Waals surface area contributed by atoms with E-state index < -0.39 is 0 Å². The Labute approximate surface area is 157 Å². The molecule has 3 aromatic rings. The summed E-state index contributed by atoms with van der Waals surface area (Å²) in [6, 6.07) is 18.2. The molecule has 1 atom stereocenters. The second-order valence-corrected chi connectivity index (χ2v) is 8.10. The molecule has 1 saturated carbocycles. The predicted octanol–water partition coefficient (Wildman–Crippen LogP) is 4.33. The minimum absolute atomic E-state index is 0.0199. The molecule has 1 aliphatic rings. The highest BCUT2D eigenvalue weighted by molar-refractivity contribution is 7.22. The Hall–Kier alpha value is -2.40. The van der Waals surface area contributed by atoms with Gasteiger partial charge in [0.15, 0.2) is 5.13 Å². The SMILES string of the molecule is CC(Nc1nc2ccccc2s1)C(=O)NCC1(c2ccccc2)CCC1. The number of anilines is 1. The van der Waals surface area contributed by atoms with Crippen molar-refractivity contribution in [1.29, 1.82) is 0 Å². The van der Waals surface area contributed by atoms with Gasteiger partial charge in [-0.1, -0.05) is 60.2 Å². The van der Waals surface area contributed by atoms with Gasteiger partial charge in [-0.15, -0.1) is 0 Å². The summed E-state index contributed by atoms with van der Waals surface area (Å²) in [4.78, 5) is 17.1. The molecule has 1 unspecified atom stereocenters. The Balaban J connectivity index is 1.38. The number of aromatic nitrogens is 1. The zero-order valence-electron chi connectivity index (χ0n) is 14.9. The smallest absolute Gasteiger partial charge is 0.242 e. The number of hydrogen-bond donors (Lipinski definition) is 2. The molecular weight excluding hydrogens is 342 g/mol. The molecule has 134 valence electrons. The van der Waals surface area contributed by atoms with Gasteiger partial charge >= 0.3 is 0 Å². The molecule has 1 aromatic heterocycles. The lowest BCUT2D eigenvalue weighted by atomic mass is 9.64. The van der Waals surface area contributed by atoms with E-state index in [0.717, 1.165) is 28.2 Å². The molecule has 4 rings (SSSR count). The minimum Gasteiger partial charge on any atom is -0.353 e. The van der Waals surface area contributed by atoms with Gasteiger partial charge in [-0.25, -0.2) is 4.98 Å². The second-order valence-electron chi connectivity index (χ2n) is 7.07. The van der Waals surface area contributed by atoms with E-state index in [4.69, 9.17) is 0 Å². The number of fused-ring (bicyclic) bond motifs is 1. The highest BCUT2D eigenvalue weighted by atomic mass is 32.1. The first-order valence-electron chi connectivity index (χ1n) is 9.12. The average molecular weight is 366 g/mol. The summed E-state index contributed by atoms with van der Waals surface area (Å²) < 4.78 is 1.13. The van der Waals surface area contributed by atoms with E-state index in [0.29, 0.717) is 6.54 Å². The second kappa shape index (κ2) is 7.08. The lowest BCUT2D eigenvalue weighted by molar-refractivity contribution is -0.122. The Bertz CT molecular complexity index is 869. The van der Waals surface area contributed by atoms with Crippen molar-refractivity contribution in [3.05, 3.63) is 60.2 Å². The summed E-state index contributed by atoms with van der Waals surface area (Å²) in [7, 11) is 0. The van der Waals surface area contributed by atoms with Crippen LogP contribution in [0.2, 0.25) is 0 Å². The van der Waals surface area contributed by atoms with Gasteiger partial charge in [0.25, 0.3) is 0 Å². The molecule has 1 fully saturated rings. The number of rotatable bonds is 6. The first-order chi connectivity index (χ1) is 12.7. The van der Waals surface area contributed by atoms with E-state index >= 15 is 0 Å². The number of nitrogens with one attached hydrogen (secondary N) is 2. The van der Waals surface area contributed by atoms with Gasteiger partial charge < -0.3 is 10.6 Å². The van der Waals surface area contributed by atoms with E-state index in [2.05, 4.69) is 39.9 Å². The highest BCUT2D eigenvalue weighted by Crippen LogP contribution is 2.43. The van der Waals surface area contributed by atoms with Crippen molar-refractivity contribution in [3.63, 3.8) is 0 Å². The summed E-state index contributed by atoms with van der Waals surface area (Å²) in [5.74, 6) is 0.0199. The van der Waals surface area contributed by atoms with Crippen LogP contribution in [0.25, 0.3) is 10.2 Å². The summed E-state index contributed by atoms with van der Waals surface area (Å²) in [6.45, 7) is 2.58. The zero-order chi connectivity index (χ0) is 18.0. The number of amides is 1. The molecule has 2 aromatic carbocycles. The maximum atomic E-state index is 12.6.